The third-order valence-corrected chi connectivity index (χ3v) is 9.44. The van der Waals surface area contributed by atoms with Crippen LogP contribution in [0, 0.1) is 23.4 Å². The highest BCUT2D eigenvalue weighted by Crippen LogP contribution is 2.42. The number of ether oxygens (including phenoxy) is 1. The van der Waals surface area contributed by atoms with E-state index in [1.54, 1.807) is 9.21 Å². The number of halogens is 3. The Labute approximate surface area is 241 Å². The molecule has 0 aliphatic carbocycles. The number of aliphatic carboxylic acids is 2. The van der Waals surface area contributed by atoms with Gasteiger partial charge in [0.05, 0.1) is 19.0 Å². The number of hydrogen-bond donors (Lipinski definition) is 4. The lowest BCUT2D eigenvalue weighted by Crippen LogP contribution is -2.52. The van der Waals surface area contributed by atoms with Gasteiger partial charge in [0.1, 0.15) is 5.82 Å². The Morgan fingerprint density at radius 1 is 1.00 bits per heavy atom. The Balaban J connectivity index is 0.000000531. The third kappa shape index (κ3) is 9.14. The molecule has 3 aliphatic heterocycles. The maximum atomic E-state index is 14.0. The first kappa shape index (κ1) is 33.3. The monoisotopic (exact) mass is 620 g/mol. The first-order valence-electron chi connectivity index (χ1n) is 13.4. The number of nitrogens with zero attached hydrogens (tertiary/aromatic N) is 2. The van der Waals surface area contributed by atoms with E-state index >= 15 is 0 Å². The zero-order valence-corrected chi connectivity index (χ0v) is 23.6. The van der Waals surface area contributed by atoms with Gasteiger partial charge in [-0.15, -0.1) is 0 Å². The van der Waals surface area contributed by atoms with Crippen LogP contribution in [0.2, 0.25) is 0 Å². The number of nitrogens with two attached hydrogens (primary N) is 1. The summed E-state index contributed by atoms with van der Waals surface area (Å²) in [6.07, 6.45) is 3.66. The Morgan fingerprint density at radius 2 is 1.55 bits per heavy atom. The molecule has 0 aromatic heterocycles. The zero-order valence-electron chi connectivity index (χ0n) is 22.8. The first-order valence-corrected chi connectivity index (χ1v) is 15.0. The molecule has 2 unspecified atom stereocenters. The second kappa shape index (κ2) is 14.8. The van der Waals surface area contributed by atoms with Crippen LogP contribution in [-0.4, -0.2) is 103 Å². The van der Waals surface area contributed by atoms with Crippen LogP contribution in [0.5, 0.6) is 0 Å². The first-order chi connectivity index (χ1) is 19.8. The van der Waals surface area contributed by atoms with E-state index in [2.05, 4.69) is 5.32 Å². The van der Waals surface area contributed by atoms with Crippen LogP contribution < -0.4 is 11.1 Å². The van der Waals surface area contributed by atoms with Crippen LogP contribution in [0.1, 0.15) is 31.2 Å². The quantitative estimate of drug-likeness (QED) is 0.234. The second-order valence-corrected chi connectivity index (χ2v) is 12.3. The Morgan fingerprint density at radius 3 is 2.10 bits per heavy atom. The van der Waals surface area contributed by atoms with Gasteiger partial charge in [0.25, 0.3) is 0 Å². The summed E-state index contributed by atoms with van der Waals surface area (Å²) in [5, 5.41) is 18.3. The van der Waals surface area contributed by atoms with Gasteiger partial charge in [-0.05, 0) is 49.7 Å². The number of carboxylic acid groups (broad SMARTS) is 2. The molecule has 234 valence electrons. The van der Waals surface area contributed by atoms with E-state index in [4.69, 9.17) is 20.7 Å². The van der Waals surface area contributed by atoms with Crippen LogP contribution in [0.4, 0.5) is 18.0 Å². The molecule has 1 aromatic carbocycles. The van der Waals surface area contributed by atoms with Crippen molar-refractivity contribution >= 4 is 28.0 Å². The van der Waals surface area contributed by atoms with E-state index < -0.39 is 45.5 Å². The van der Waals surface area contributed by atoms with Gasteiger partial charge in [0, 0.05) is 56.0 Å². The van der Waals surface area contributed by atoms with Crippen LogP contribution in [0.15, 0.2) is 24.3 Å². The molecular formula is C26H35F3N4O8S. The topological polar surface area (TPSA) is 180 Å². The molecule has 4 rings (SSSR count). The Kier molecular flexibility index (Phi) is 11.7. The zero-order chi connectivity index (χ0) is 31.0. The summed E-state index contributed by atoms with van der Waals surface area (Å²) < 4.78 is 73.7. The van der Waals surface area contributed by atoms with Crippen molar-refractivity contribution in [1.82, 2.24) is 14.5 Å². The molecule has 16 heteroatoms. The van der Waals surface area contributed by atoms with E-state index in [-0.39, 0.29) is 48.3 Å². The molecular weight excluding hydrogens is 585 g/mol. The maximum Gasteiger partial charge on any atom is 0.328 e. The van der Waals surface area contributed by atoms with Crippen LogP contribution in [0.25, 0.3) is 0 Å². The molecule has 1 aromatic rings. The lowest BCUT2D eigenvalue weighted by Gasteiger charge is -2.40. The average Bonchev–Trinajstić information content (AvgIpc) is 3.22. The number of morpholine rings is 1. The number of urea groups is 1. The van der Waals surface area contributed by atoms with Gasteiger partial charge in [0.15, 0.2) is 11.6 Å². The maximum absolute atomic E-state index is 14.0. The fraction of sp³-hybridized carbons (Fsp3) is 0.577. The number of piperidine rings is 1. The van der Waals surface area contributed by atoms with E-state index in [1.165, 1.54) is 0 Å². The molecule has 2 bridgehead atoms. The van der Waals surface area contributed by atoms with Crippen LogP contribution in [0.3, 0.4) is 0 Å². The summed E-state index contributed by atoms with van der Waals surface area (Å²) >= 11 is 0. The average molecular weight is 621 g/mol. The lowest BCUT2D eigenvalue weighted by atomic mass is 9.83. The number of hydrogen-bond acceptors (Lipinski definition) is 7. The number of amides is 2. The number of benzene rings is 1. The number of carbonyl (C=O) groups is 3. The fourth-order valence-corrected chi connectivity index (χ4v) is 7.40. The molecule has 0 radical (unpaired) electrons. The molecule has 12 nitrogen and oxygen atoms in total. The minimum absolute atomic E-state index is 0.0183. The Bertz CT molecular complexity index is 1250. The minimum Gasteiger partial charge on any atom is -0.478 e. The summed E-state index contributed by atoms with van der Waals surface area (Å²) in [5.41, 5.74) is 6.34. The molecule has 0 saturated carbocycles. The standard InChI is InChI=1S/C22H31F3N4O4S.C4H4O4/c23-18-13-20(25)19(24)11-14(18)12-21(26)15-9-16-1-2-17(10-15)29(16)34(31,32)8-3-27-22(30)28-4-6-33-7-5-28;5-3(6)1-2-4(7)8/h11,13,15-17,21H,1-10,12,26H2,(H,27,30);1-2H,(H,5,6)(H,7,8)/b;2-1-/t15?,16?,17?,21-;/m1./s1. The minimum atomic E-state index is -3.59. The van der Waals surface area contributed by atoms with E-state index in [9.17, 15) is 36.0 Å². The summed E-state index contributed by atoms with van der Waals surface area (Å²) in [6, 6.07) is 0.155. The van der Waals surface area contributed by atoms with Crippen molar-refractivity contribution in [3.05, 3.63) is 47.3 Å². The number of sulfonamides is 1. The Hall–Kier alpha value is -3.21. The molecule has 5 N–H and O–H groups in total. The van der Waals surface area contributed by atoms with Gasteiger partial charge in [-0.2, -0.15) is 4.31 Å². The van der Waals surface area contributed by atoms with E-state index in [0.29, 0.717) is 70.2 Å². The van der Waals surface area contributed by atoms with Gasteiger partial charge in [-0.25, -0.2) is 36.0 Å². The lowest BCUT2D eigenvalue weighted by molar-refractivity contribution is -0.134. The van der Waals surface area contributed by atoms with Crippen molar-refractivity contribution < 1.29 is 50.9 Å². The highest BCUT2D eigenvalue weighted by molar-refractivity contribution is 7.89. The number of nitrogens with one attached hydrogen (secondary N) is 1. The SMILES string of the molecule is N[C@H](Cc1cc(F)c(F)cc1F)C1CC2CCC(C1)N2S(=O)(=O)CCNC(=O)N1CCOCC1.O=C(O)/C=C\C(=O)O. The normalized spacial score (nSPS) is 23.2. The number of carbonyl (C=O) groups excluding carboxylic acids is 1. The molecule has 2 amide bonds. The van der Waals surface area contributed by atoms with Crippen molar-refractivity contribution in [3.63, 3.8) is 0 Å². The molecule has 3 saturated heterocycles. The molecule has 0 spiro atoms. The second-order valence-electron chi connectivity index (χ2n) is 10.3. The number of carboxylic acids is 2. The van der Waals surface area contributed by atoms with E-state index in [0.717, 1.165) is 6.07 Å². The van der Waals surface area contributed by atoms with Crippen molar-refractivity contribution in [2.24, 2.45) is 11.7 Å². The third-order valence-electron chi connectivity index (χ3n) is 7.48. The van der Waals surface area contributed by atoms with Crippen LogP contribution in [-0.2, 0) is 30.8 Å². The van der Waals surface area contributed by atoms with Gasteiger partial charge >= 0.3 is 18.0 Å². The summed E-state index contributed by atoms with van der Waals surface area (Å²) in [5.74, 6) is -5.96. The summed E-state index contributed by atoms with van der Waals surface area (Å²) in [7, 11) is -3.59. The largest absolute Gasteiger partial charge is 0.478 e. The molecule has 3 heterocycles. The summed E-state index contributed by atoms with van der Waals surface area (Å²) in [6.45, 7) is 1.91. The molecule has 3 aliphatic rings. The number of rotatable bonds is 9. The van der Waals surface area contributed by atoms with Gasteiger partial charge in [0.2, 0.25) is 10.0 Å². The van der Waals surface area contributed by atoms with Gasteiger partial charge < -0.3 is 30.9 Å². The van der Waals surface area contributed by atoms with Gasteiger partial charge in [-0.3, -0.25) is 0 Å². The predicted octanol–water partition coefficient (Wildman–Crippen LogP) is 1.30. The van der Waals surface area contributed by atoms with Crippen LogP contribution >= 0.6 is 0 Å². The highest BCUT2D eigenvalue weighted by atomic mass is 32.2. The number of fused-ring (bicyclic) bond motifs is 2. The van der Waals surface area contributed by atoms with Crippen molar-refractivity contribution in [2.75, 3.05) is 38.6 Å². The fourth-order valence-electron chi connectivity index (χ4n) is 5.53. The van der Waals surface area contributed by atoms with Gasteiger partial charge in [-0.1, -0.05) is 0 Å². The van der Waals surface area contributed by atoms with Crippen molar-refractivity contribution in [2.45, 2.75) is 50.2 Å². The molecule has 3 fully saturated rings. The molecule has 3 atom stereocenters. The highest BCUT2D eigenvalue weighted by Gasteiger charge is 2.47. The predicted molar refractivity (Wildman–Crippen MR) is 143 cm³/mol. The molecule has 42 heavy (non-hydrogen) atoms. The van der Waals surface area contributed by atoms with Crippen molar-refractivity contribution in [3.8, 4) is 0 Å². The van der Waals surface area contributed by atoms with Crippen molar-refractivity contribution in [1.29, 1.82) is 0 Å². The smallest absolute Gasteiger partial charge is 0.328 e. The summed E-state index contributed by atoms with van der Waals surface area (Å²) in [4.78, 5) is 32.9. The van der Waals surface area contributed by atoms with E-state index in [1.807, 2.05) is 0 Å².